The van der Waals surface area contributed by atoms with Gasteiger partial charge in [-0.25, -0.2) is 4.98 Å². The normalized spacial score (nSPS) is 19.5. The molecule has 0 radical (unpaired) electrons. The number of aryl methyl sites for hydroxylation is 1. The van der Waals surface area contributed by atoms with Crippen molar-refractivity contribution >= 4 is 29.1 Å². The molecule has 1 N–H and O–H groups in total. The summed E-state index contributed by atoms with van der Waals surface area (Å²) in [6.45, 7) is 1.88. The third-order valence-electron chi connectivity index (χ3n) is 2.65. The lowest BCUT2D eigenvalue weighted by Gasteiger charge is -2.13. The van der Waals surface area contributed by atoms with Crippen LogP contribution in [-0.4, -0.2) is 21.3 Å². The van der Waals surface area contributed by atoms with Crippen LogP contribution in [0, 0.1) is 6.92 Å². The zero-order chi connectivity index (χ0) is 12.3. The molecule has 1 atom stereocenters. The summed E-state index contributed by atoms with van der Waals surface area (Å²) in [5.74, 6) is -0.786. The smallest absolute Gasteiger partial charge is 0.308 e. The van der Waals surface area contributed by atoms with E-state index in [1.54, 1.807) is 11.8 Å². The van der Waals surface area contributed by atoms with Gasteiger partial charge >= 0.3 is 5.97 Å². The highest BCUT2D eigenvalue weighted by atomic mass is 32.2. The largest absolute Gasteiger partial charge is 0.481 e. The molecule has 1 aliphatic carbocycles. The molecule has 5 heteroatoms. The second-order valence-electron chi connectivity index (χ2n) is 4.07. The van der Waals surface area contributed by atoms with Gasteiger partial charge in [-0.3, -0.25) is 4.79 Å². The molecule has 0 saturated heterocycles. The van der Waals surface area contributed by atoms with Crippen molar-refractivity contribution in [2.45, 2.75) is 42.2 Å². The van der Waals surface area contributed by atoms with E-state index in [1.165, 1.54) is 30.6 Å². The molecule has 1 aromatic heterocycles. The van der Waals surface area contributed by atoms with Crippen molar-refractivity contribution < 1.29 is 9.90 Å². The minimum Gasteiger partial charge on any atom is -0.481 e. The first kappa shape index (κ1) is 12.6. The summed E-state index contributed by atoms with van der Waals surface area (Å²) >= 11 is 3.27. The molecule has 0 fully saturated rings. The lowest BCUT2D eigenvalue weighted by atomic mass is 10.1. The van der Waals surface area contributed by atoms with E-state index in [2.05, 4.69) is 17.1 Å². The topological polar surface area (TPSA) is 50.2 Å². The van der Waals surface area contributed by atoms with Crippen molar-refractivity contribution in [2.24, 2.45) is 0 Å². The Hall–Kier alpha value is -0.810. The molecule has 0 amide bonds. The highest BCUT2D eigenvalue weighted by Gasteiger charge is 2.15. The number of hydrogen-bond donors (Lipinski definition) is 1. The Morgan fingerprint density at radius 2 is 2.53 bits per heavy atom. The van der Waals surface area contributed by atoms with E-state index < -0.39 is 5.97 Å². The molecule has 0 aliphatic heterocycles. The quantitative estimate of drug-likeness (QED) is 0.852. The first-order chi connectivity index (χ1) is 8.15. The molecule has 0 saturated carbocycles. The summed E-state index contributed by atoms with van der Waals surface area (Å²) < 4.78 is 0.996. The van der Waals surface area contributed by atoms with E-state index in [0.717, 1.165) is 14.9 Å². The maximum Gasteiger partial charge on any atom is 0.308 e. The highest BCUT2D eigenvalue weighted by Crippen LogP contribution is 2.34. The van der Waals surface area contributed by atoms with Gasteiger partial charge in [-0.2, -0.15) is 0 Å². The Bertz CT molecular complexity index is 440. The van der Waals surface area contributed by atoms with Gasteiger partial charge in [0.05, 0.1) is 12.1 Å². The van der Waals surface area contributed by atoms with Gasteiger partial charge in [-0.05, 0) is 26.2 Å². The minimum atomic E-state index is -0.786. The predicted octanol–water partition coefficient (Wildman–Crippen LogP) is 3.28. The molecule has 1 aromatic rings. The predicted molar refractivity (Wildman–Crippen MR) is 70.8 cm³/mol. The van der Waals surface area contributed by atoms with E-state index in [9.17, 15) is 4.79 Å². The summed E-state index contributed by atoms with van der Waals surface area (Å²) in [7, 11) is 0. The number of allylic oxidation sites excluding steroid dienone is 1. The molecule has 3 nitrogen and oxygen atoms in total. The van der Waals surface area contributed by atoms with Gasteiger partial charge in [-0.1, -0.05) is 23.9 Å². The van der Waals surface area contributed by atoms with Crippen molar-refractivity contribution in [3.05, 3.63) is 22.7 Å². The van der Waals surface area contributed by atoms with Crippen molar-refractivity contribution in [3.63, 3.8) is 0 Å². The minimum absolute atomic E-state index is 0.0879. The van der Waals surface area contributed by atoms with Crippen molar-refractivity contribution in [1.29, 1.82) is 0 Å². The van der Waals surface area contributed by atoms with Gasteiger partial charge in [0.1, 0.15) is 0 Å². The fraction of sp³-hybridized carbons (Fsp3) is 0.500. The average molecular weight is 269 g/mol. The van der Waals surface area contributed by atoms with Crippen LogP contribution in [0.25, 0.3) is 0 Å². The van der Waals surface area contributed by atoms with Crippen LogP contribution in [-0.2, 0) is 11.2 Å². The number of thioether (sulfide) groups is 1. The average Bonchev–Trinajstić information content (AvgIpc) is 2.59. The monoisotopic (exact) mass is 269 g/mol. The number of rotatable bonds is 4. The Morgan fingerprint density at radius 1 is 1.71 bits per heavy atom. The van der Waals surface area contributed by atoms with E-state index in [4.69, 9.17) is 5.11 Å². The van der Waals surface area contributed by atoms with E-state index in [0.29, 0.717) is 5.25 Å². The van der Waals surface area contributed by atoms with Gasteiger partial charge in [0.15, 0.2) is 4.34 Å². The molecule has 1 heterocycles. The maximum atomic E-state index is 10.7. The van der Waals surface area contributed by atoms with Crippen LogP contribution >= 0.6 is 23.1 Å². The number of nitrogens with zero attached hydrogens (tertiary/aromatic N) is 1. The van der Waals surface area contributed by atoms with Gasteiger partial charge in [-0.15, -0.1) is 11.3 Å². The van der Waals surface area contributed by atoms with Gasteiger partial charge in [0.2, 0.25) is 0 Å². The van der Waals surface area contributed by atoms with Gasteiger partial charge in [0, 0.05) is 10.1 Å². The van der Waals surface area contributed by atoms with Gasteiger partial charge in [0.25, 0.3) is 0 Å². The number of carboxylic acid groups (broad SMARTS) is 1. The molecule has 1 unspecified atom stereocenters. The molecule has 2 rings (SSSR count). The third kappa shape index (κ3) is 3.57. The van der Waals surface area contributed by atoms with Crippen molar-refractivity contribution in [2.75, 3.05) is 0 Å². The summed E-state index contributed by atoms with van der Waals surface area (Å²) in [6.07, 6.45) is 8.15. The lowest BCUT2D eigenvalue weighted by Crippen LogP contribution is -2.01. The van der Waals surface area contributed by atoms with Crippen LogP contribution in [0.15, 0.2) is 16.5 Å². The fourth-order valence-corrected chi connectivity index (χ4v) is 4.33. The van der Waals surface area contributed by atoms with Crippen molar-refractivity contribution in [3.8, 4) is 0 Å². The molecule has 17 heavy (non-hydrogen) atoms. The Labute approximate surface area is 109 Å². The molecule has 92 valence electrons. The van der Waals surface area contributed by atoms with E-state index in [1.807, 2.05) is 6.92 Å². The summed E-state index contributed by atoms with van der Waals surface area (Å²) in [5, 5.41) is 9.29. The van der Waals surface area contributed by atoms with Crippen LogP contribution in [0.3, 0.4) is 0 Å². The lowest BCUT2D eigenvalue weighted by molar-refractivity contribution is -0.136. The number of hydrogen-bond acceptors (Lipinski definition) is 4. The first-order valence-electron chi connectivity index (χ1n) is 5.66. The maximum absolute atomic E-state index is 10.7. The van der Waals surface area contributed by atoms with E-state index >= 15 is 0 Å². The molecule has 0 bridgehead atoms. The molecular weight excluding hydrogens is 254 g/mol. The zero-order valence-electron chi connectivity index (χ0n) is 9.68. The third-order valence-corrected chi connectivity index (χ3v) is 5.13. The second-order valence-corrected chi connectivity index (χ2v) is 6.64. The Balaban J connectivity index is 2.03. The first-order valence-corrected chi connectivity index (χ1v) is 7.36. The summed E-state index contributed by atoms with van der Waals surface area (Å²) in [4.78, 5) is 16.0. The number of carbonyl (C=O) groups is 1. The molecular formula is C12H15NO2S2. The van der Waals surface area contributed by atoms with Crippen LogP contribution in [0.4, 0.5) is 0 Å². The van der Waals surface area contributed by atoms with E-state index in [-0.39, 0.29) is 6.42 Å². The zero-order valence-corrected chi connectivity index (χ0v) is 11.3. The highest BCUT2D eigenvalue weighted by molar-refractivity contribution is 8.01. The fourth-order valence-electron chi connectivity index (χ4n) is 1.76. The second kappa shape index (κ2) is 5.69. The summed E-state index contributed by atoms with van der Waals surface area (Å²) in [5.41, 5.74) is 0.861. The van der Waals surface area contributed by atoms with Crippen LogP contribution in [0.5, 0.6) is 0 Å². The number of aromatic nitrogens is 1. The van der Waals surface area contributed by atoms with Crippen LogP contribution < -0.4 is 0 Å². The molecule has 1 aliphatic rings. The Morgan fingerprint density at radius 3 is 3.18 bits per heavy atom. The van der Waals surface area contributed by atoms with Gasteiger partial charge < -0.3 is 5.11 Å². The van der Waals surface area contributed by atoms with Crippen molar-refractivity contribution in [1.82, 2.24) is 4.98 Å². The Kier molecular flexibility index (Phi) is 4.23. The number of aliphatic carboxylic acids is 1. The SMILES string of the molecule is Cc1nc(SC2C=CCCC2)sc1CC(=O)O. The van der Waals surface area contributed by atoms with Crippen LogP contribution in [0.1, 0.15) is 29.8 Å². The van der Waals surface area contributed by atoms with Crippen LogP contribution in [0.2, 0.25) is 0 Å². The number of carboxylic acids is 1. The standard InChI is InChI=1S/C12H15NO2S2/c1-8-10(7-11(14)15)17-12(13-8)16-9-5-3-2-4-6-9/h3,5,9H,2,4,6-7H2,1H3,(H,14,15). The molecule has 0 aromatic carbocycles. The summed E-state index contributed by atoms with van der Waals surface area (Å²) in [6, 6.07) is 0. The molecule has 0 spiro atoms. The number of thiazole rings is 1.